The molecule has 62 valence electrons. The van der Waals surface area contributed by atoms with Gasteiger partial charge in [0.2, 0.25) is 0 Å². The van der Waals surface area contributed by atoms with Crippen molar-refractivity contribution in [1.29, 1.82) is 0 Å². The van der Waals surface area contributed by atoms with Gasteiger partial charge in [0.05, 0.1) is 0 Å². The average molecular weight is 155 g/mol. The lowest BCUT2D eigenvalue weighted by atomic mass is 10.4. The Bertz CT molecular complexity index is 186. The van der Waals surface area contributed by atoms with E-state index >= 15 is 0 Å². The van der Waals surface area contributed by atoms with Crippen LogP contribution < -0.4 is 4.90 Å². The second-order valence-electron chi connectivity index (χ2n) is 2.34. The first kappa shape index (κ1) is 8.04. The van der Waals surface area contributed by atoms with Gasteiger partial charge in [0.15, 0.2) is 12.1 Å². The van der Waals surface area contributed by atoms with Crippen LogP contribution >= 0.6 is 0 Å². The minimum atomic E-state index is 0.828. The second kappa shape index (κ2) is 3.95. The van der Waals surface area contributed by atoms with E-state index < -0.39 is 0 Å². The first-order valence-corrected chi connectivity index (χ1v) is 3.90. The molecule has 4 nitrogen and oxygen atoms in total. The molecule has 0 fully saturated rings. The van der Waals surface area contributed by atoms with E-state index in [9.17, 15) is 0 Å². The minimum Gasteiger partial charge on any atom is -0.353 e. The molecule has 0 saturated carbocycles. The Labute approximate surface area is 66.2 Å². The van der Waals surface area contributed by atoms with Crippen LogP contribution in [0.4, 0.5) is 5.82 Å². The van der Waals surface area contributed by atoms with Crippen LogP contribution in [0.5, 0.6) is 0 Å². The fourth-order valence-corrected chi connectivity index (χ4v) is 1.00. The summed E-state index contributed by atoms with van der Waals surface area (Å²) in [5, 5.41) is 7.22. The van der Waals surface area contributed by atoms with Crippen molar-refractivity contribution in [2.24, 2.45) is 0 Å². The monoisotopic (exact) mass is 155 g/mol. The number of nitrogens with zero attached hydrogens (tertiary/aromatic N) is 3. The van der Waals surface area contributed by atoms with Crippen molar-refractivity contribution < 1.29 is 4.52 Å². The molecule has 11 heavy (non-hydrogen) atoms. The van der Waals surface area contributed by atoms with Gasteiger partial charge in [0, 0.05) is 18.4 Å². The van der Waals surface area contributed by atoms with Gasteiger partial charge in [0.1, 0.15) is 0 Å². The number of rotatable bonds is 4. The molecule has 0 saturated heterocycles. The molecule has 1 aromatic heterocycles. The predicted molar refractivity (Wildman–Crippen MR) is 42.5 cm³/mol. The Hall–Kier alpha value is -1.06. The molecule has 1 heterocycles. The van der Waals surface area contributed by atoms with Gasteiger partial charge in [-0.2, -0.15) is 0 Å². The van der Waals surface area contributed by atoms with E-state index in [4.69, 9.17) is 0 Å². The lowest BCUT2D eigenvalue weighted by Crippen LogP contribution is -2.23. The van der Waals surface area contributed by atoms with Gasteiger partial charge in [-0.3, -0.25) is 0 Å². The van der Waals surface area contributed by atoms with Gasteiger partial charge >= 0.3 is 0 Å². The molecular weight excluding hydrogens is 142 g/mol. The Balaban J connectivity index is 2.56. The van der Waals surface area contributed by atoms with E-state index in [0.29, 0.717) is 0 Å². The molecule has 0 atom stereocenters. The fourth-order valence-electron chi connectivity index (χ4n) is 1.00. The number of anilines is 1. The number of hydrogen-bond acceptors (Lipinski definition) is 4. The van der Waals surface area contributed by atoms with E-state index in [1.165, 1.54) is 0 Å². The maximum atomic E-state index is 4.64. The van der Waals surface area contributed by atoms with Crippen molar-refractivity contribution in [3.8, 4) is 0 Å². The largest absolute Gasteiger partial charge is 0.353 e. The summed E-state index contributed by atoms with van der Waals surface area (Å²) < 4.78 is 4.64. The molecule has 0 radical (unpaired) electrons. The maximum Gasteiger partial charge on any atom is 0.192 e. The third kappa shape index (κ3) is 1.93. The summed E-state index contributed by atoms with van der Waals surface area (Å²) in [6, 6.07) is 0. The van der Waals surface area contributed by atoms with Crippen LogP contribution in [0.15, 0.2) is 10.8 Å². The van der Waals surface area contributed by atoms with Crippen LogP contribution in [0.25, 0.3) is 0 Å². The maximum absolute atomic E-state index is 4.64. The molecule has 0 aromatic carbocycles. The van der Waals surface area contributed by atoms with Gasteiger partial charge in [-0.1, -0.05) is 12.0 Å². The number of aromatic nitrogens is 2. The van der Waals surface area contributed by atoms with E-state index in [1.807, 2.05) is 0 Å². The van der Waals surface area contributed by atoms with E-state index in [1.54, 1.807) is 6.26 Å². The Kier molecular flexibility index (Phi) is 2.89. The molecule has 0 N–H and O–H groups in total. The smallest absolute Gasteiger partial charge is 0.192 e. The van der Waals surface area contributed by atoms with Gasteiger partial charge in [0.25, 0.3) is 0 Å². The summed E-state index contributed by atoms with van der Waals surface area (Å²) in [7, 11) is 0. The zero-order chi connectivity index (χ0) is 8.10. The van der Waals surface area contributed by atoms with E-state index in [2.05, 4.69) is 33.6 Å². The van der Waals surface area contributed by atoms with Gasteiger partial charge < -0.3 is 9.42 Å². The zero-order valence-electron chi connectivity index (χ0n) is 6.95. The highest BCUT2D eigenvalue weighted by Gasteiger charge is 2.05. The molecule has 0 unspecified atom stereocenters. The molecule has 1 aromatic rings. The van der Waals surface area contributed by atoms with Crippen LogP contribution in [-0.4, -0.2) is 23.5 Å². The average Bonchev–Trinajstić information content (AvgIpc) is 2.52. The summed E-state index contributed by atoms with van der Waals surface area (Å²) in [6.07, 6.45) is 2.68. The van der Waals surface area contributed by atoms with Crippen LogP contribution in [0.3, 0.4) is 0 Å². The minimum absolute atomic E-state index is 0.828. The summed E-state index contributed by atoms with van der Waals surface area (Å²) in [4.78, 5) is 2.12. The molecule has 0 aliphatic rings. The Morgan fingerprint density at radius 2 is 2.36 bits per heavy atom. The first-order valence-electron chi connectivity index (χ1n) is 3.90. The fraction of sp³-hybridized carbons (Fsp3) is 0.714. The Morgan fingerprint density at radius 3 is 2.82 bits per heavy atom. The lowest BCUT2D eigenvalue weighted by Gasteiger charge is -2.16. The predicted octanol–water partition coefficient (Wildman–Crippen LogP) is 1.31. The SMILES string of the molecule is CCCN(CC)c1conn1. The summed E-state index contributed by atoms with van der Waals surface area (Å²) in [5.41, 5.74) is 0. The zero-order valence-corrected chi connectivity index (χ0v) is 6.95. The van der Waals surface area contributed by atoms with Crippen LogP contribution in [0.1, 0.15) is 20.3 Å². The highest BCUT2D eigenvalue weighted by atomic mass is 16.5. The van der Waals surface area contributed by atoms with Crippen molar-refractivity contribution in [2.75, 3.05) is 18.0 Å². The molecule has 0 spiro atoms. The highest BCUT2D eigenvalue weighted by molar-refractivity contribution is 5.32. The van der Waals surface area contributed by atoms with E-state index in [-0.39, 0.29) is 0 Å². The number of hydrogen-bond donors (Lipinski definition) is 0. The third-order valence-corrected chi connectivity index (χ3v) is 1.55. The molecular formula is C7H13N3O. The normalized spacial score (nSPS) is 10.0. The molecule has 4 heteroatoms. The van der Waals surface area contributed by atoms with Crippen molar-refractivity contribution in [1.82, 2.24) is 10.4 Å². The molecule has 0 bridgehead atoms. The van der Waals surface area contributed by atoms with Gasteiger partial charge in [-0.25, -0.2) is 0 Å². The summed E-state index contributed by atoms with van der Waals surface area (Å²) in [6.45, 7) is 6.17. The second-order valence-corrected chi connectivity index (χ2v) is 2.34. The van der Waals surface area contributed by atoms with Gasteiger partial charge in [-0.15, -0.1) is 0 Å². The highest BCUT2D eigenvalue weighted by Crippen LogP contribution is 2.07. The van der Waals surface area contributed by atoms with Gasteiger partial charge in [-0.05, 0) is 13.3 Å². The van der Waals surface area contributed by atoms with E-state index in [0.717, 1.165) is 25.3 Å². The molecule has 0 aliphatic heterocycles. The van der Waals surface area contributed by atoms with Crippen LogP contribution in [0.2, 0.25) is 0 Å². The first-order chi connectivity index (χ1) is 5.38. The van der Waals surface area contributed by atoms with Crippen molar-refractivity contribution in [3.63, 3.8) is 0 Å². The summed E-state index contributed by atoms with van der Waals surface area (Å²) >= 11 is 0. The van der Waals surface area contributed by atoms with Crippen molar-refractivity contribution >= 4 is 5.82 Å². The topological polar surface area (TPSA) is 42.2 Å². The Morgan fingerprint density at radius 1 is 1.55 bits per heavy atom. The van der Waals surface area contributed by atoms with Crippen LogP contribution in [-0.2, 0) is 0 Å². The van der Waals surface area contributed by atoms with Crippen LogP contribution in [0, 0.1) is 0 Å². The lowest BCUT2D eigenvalue weighted by molar-refractivity contribution is 0.393. The molecule has 1 rings (SSSR count). The molecule has 0 aliphatic carbocycles. The standard InChI is InChI=1S/C7H13N3O/c1-3-5-10(4-2)7-6-11-9-8-7/h6H,3-5H2,1-2H3. The summed E-state index contributed by atoms with van der Waals surface area (Å²) in [5.74, 6) is 0.828. The van der Waals surface area contributed by atoms with Crippen molar-refractivity contribution in [3.05, 3.63) is 6.26 Å². The quantitative estimate of drug-likeness (QED) is 0.657. The van der Waals surface area contributed by atoms with Crippen molar-refractivity contribution in [2.45, 2.75) is 20.3 Å². The molecule has 0 amide bonds. The third-order valence-electron chi connectivity index (χ3n) is 1.55.